The van der Waals surface area contributed by atoms with Gasteiger partial charge in [-0.2, -0.15) is 0 Å². The molecule has 3 heteroatoms. The van der Waals surface area contributed by atoms with E-state index < -0.39 is 0 Å². The Kier molecular flexibility index (Phi) is 2.72. The van der Waals surface area contributed by atoms with Crippen LogP contribution in [0.4, 0.5) is 5.69 Å². The third kappa shape index (κ3) is 2.06. The second kappa shape index (κ2) is 4.07. The van der Waals surface area contributed by atoms with Crippen molar-refractivity contribution in [1.82, 2.24) is 0 Å². The van der Waals surface area contributed by atoms with Gasteiger partial charge in [0.25, 0.3) is 0 Å². The van der Waals surface area contributed by atoms with E-state index in [1.165, 1.54) is 17.5 Å². The molecule has 19 heavy (non-hydrogen) atoms. The summed E-state index contributed by atoms with van der Waals surface area (Å²) in [7, 11) is 1.85. The number of anilines is 1. The van der Waals surface area contributed by atoms with E-state index in [1.54, 1.807) is 4.90 Å². The zero-order valence-corrected chi connectivity index (χ0v) is 11.9. The molecule has 1 aliphatic carbocycles. The molecule has 102 valence electrons. The fourth-order valence-corrected chi connectivity index (χ4v) is 3.24. The second-order valence-corrected chi connectivity index (χ2v) is 6.67. The molecule has 1 aromatic rings. The number of nitrogens with zero attached hydrogens (tertiary/aromatic N) is 1. The molecule has 2 unspecified atom stereocenters. The summed E-state index contributed by atoms with van der Waals surface area (Å²) < 4.78 is 0. The summed E-state index contributed by atoms with van der Waals surface area (Å²) >= 11 is 0. The van der Waals surface area contributed by atoms with Crippen molar-refractivity contribution in [2.45, 2.75) is 39.2 Å². The lowest BCUT2D eigenvalue weighted by Gasteiger charge is -2.27. The summed E-state index contributed by atoms with van der Waals surface area (Å²) in [4.78, 5) is 13.4. The molecule has 2 aliphatic rings. The number of amides is 1. The quantitative estimate of drug-likeness (QED) is 0.886. The van der Waals surface area contributed by atoms with Gasteiger partial charge in [0.2, 0.25) is 5.91 Å². The lowest BCUT2D eigenvalue weighted by Crippen LogP contribution is -2.31. The number of rotatable bonds is 2. The first-order valence-corrected chi connectivity index (χ1v) is 7.05. The molecule has 1 saturated carbocycles. The van der Waals surface area contributed by atoms with Crippen LogP contribution in [-0.4, -0.2) is 13.0 Å². The van der Waals surface area contributed by atoms with Crippen LogP contribution in [0, 0.1) is 11.3 Å². The van der Waals surface area contributed by atoms with Crippen LogP contribution in [0.3, 0.4) is 0 Å². The molecule has 1 aromatic carbocycles. The third-order valence-corrected chi connectivity index (χ3v) is 4.86. The zero-order chi connectivity index (χ0) is 13.8. The van der Waals surface area contributed by atoms with Crippen molar-refractivity contribution >= 4 is 11.6 Å². The van der Waals surface area contributed by atoms with E-state index in [2.05, 4.69) is 32.0 Å². The van der Waals surface area contributed by atoms with E-state index in [9.17, 15) is 4.79 Å². The van der Waals surface area contributed by atoms with Crippen LogP contribution < -0.4 is 10.6 Å². The van der Waals surface area contributed by atoms with Gasteiger partial charge in [0.05, 0.1) is 0 Å². The molecule has 1 amide bonds. The lowest BCUT2D eigenvalue weighted by atomic mass is 9.93. The Bertz CT molecular complexity index is 536. The van der Waals surface area contributed by atoms with E-state index in [1.807, 2.05) is 7.05 Å². The second-order valence-electron chi connectivity index (χ2n) is 6.67. The van der Waals surface area contributed by atoms with Gasteiger partial charge >= 0.3 is 0 Å². The number of hydrogen-bond acceptors (Lipinski definition) is 2. The molecule has 0 radical (unpaired) electrons. The third-order valence-electron chi connectivity index (χ3n) is 4.86. The van der Waals surface area contributed by atoms with E-state index in [4.69, 9.17) is 5.73 Å². The van der Waals surface area contributed by atoms with Crippen LogP contribution in [0.1, 0.15) is 43.9 Å². The van der Waals surface area contributed by atoms with Crippen LogP contribution in [0.25, 0.3) is 0 Å². The molecule has 2 atom stereocenters. The minimum atomic E-state index is 0.128. The molecule has 0 aromatic heterocycles. The first-order chi connectivity index (χ1) is 8.90. The molecule has 1 fully saturated rings. The number of fused-ring (bicyclic) bond motifs is 1. The summed E-state index contributed by atoms with van der Waals surface area (Å²) in [6, 6.07) is 6.48. The van der Waals surface area contributed by atoms with Crippen molar-refractivity contribution < 1.29 is 4.79 Å². The van der Waals surface area contributed by atoms with E-state index in [0.29, 0.717) is 17.8 Å². The Morgan fingerprint density at radius 3 is 2.68 bits per heavy atom. The Morgan fingerprint density at radius 2 is 2.05 bits per heavy atom. The fourth-order valence-electron chi connectivity index (χ4n) is 3.24. The molecule has 0 bridgehead atoms. The molecule has 1 heterocycles. The minimum absolute atomic E-state index is 0.128. The molecular formula is C16H22N2O. The number of benzene rings is 1. The Morgan fingerprint density at radius 1 is 1.37 bits per heavy atom. The topological polar surface area (TPSA) is 46.3 Å². The Balaban J connectivity index is 1.88. The Hall–Kier alpha value is -1.35. The highest BCUT2D eigenvalue weighted by Gasteiger charge is 2.49. The summed E-state index contributed by atoms with van der Waals surface area (Å²) in [5, 5.41) is 0. The number of aryl methyl sites for hydroxylation is 1. The van der Waals surface area contributed by atoms with E-state index in [0.717, 1.165) is 12.1 Å². The van der Waals surface area contributed by atoms with Crippen molar-refractivity contribution in [2.75, 3.05) is 11.9 Å². The molecule has 0 saturated heterocycles. The van der Waals surface area contributed by atoms with Crippen molar-refractivity contribution in [2.24, 2.45) is 17.1 Å². The minimum Gasteiger partial charge on any atom is -0.324 e. The van der Waals surface area contributed by atoms with Gasteiger partial charge < -0.3 is 10.6 Å². The largest absolute Gasteiger partial charge is 0.324 e. The molecular weight excluding hydrogens is 236 g/mol. The summed E-state index contributed by atoms with van der Waals surface area (Å²) in [5.41, 5.74) is 10.3. The van der Waals surface area contributed by atoms with Crippen molar-refractivity contribution in [3.63, 3.8) is 0 Å². The smallest absolute Gasteiger partial charge is 0.227 e. The number of carbonyl (C=O) groups is 1. The van der Waals surface area contributed by atoms with Crippen molar-refractivity contribution in [1.29, 1.82) is 0 Å². The maximum Gasteiger partial charge on any atom is 0.227 e. The fraction of sp³-hybridized carbons (Fsp3) is 0.562. The van der Waals surface area contributed by atoms with Gasteiger partial charge in [-0.3, -0.25) is 4.79 Å². The van der Waals surface area contributed by atoms with Gasteiger partial charge in [0, 0.05) is 25.2 Å². The molecule has 1 aliphatic heterocycles. The van der Waals surface area contributed by atoms with Crippen LogP contribution in [0.15, 0.2) is 18.2 Å². The summed E-state index contributed by atoms with van der Waals surface area (Å²) in [6.07, 6.45) is 2.66. The zero-order valence-electron chi connectivity index (χ0n) is 11.9. The number of nitrogens with two attached hydrogens (primary N) is 1. The number of hydrogen-bond donors (Lipinski definition) is 1. The summed E-state index contributed by atoms with van der Waals surface area (Å²) in [5.74, 6) is 0.793. The van der Waals surface area contributed by atoms with E-state index in [-0.39, 0.29) is 11.9 Å². The maximum atomic E-state index is 11.7. The highest BCUT2D eigenvalue weighted by atomic mass is 16.2. The SMILES string of the molecule is CN1C(=O)CCc2cc(C(N)C3CC3(C)C)ccc21. The normalized spacial score (nSPS) is 26.0. The predicted molar refractivity (Wildman–Crippen MR) is 77.0 cm³/mol. The number of carbonyl (C=O) groups excluding carboxylic acids is 1. The Labute approximate surface area is 114 Å². The van der Waals surface area contributed by atoms with Gasteiger partial charge in [-0.1, -0.05) is 26.0 Å². The van der Waals surface area contributed by atoms with E-state index >= 15 is 0 Å². The van der Waals surface area contributed by atoms with Crippen LogP contribution in [-0.2, 0) is 11.2 Å². The van der Waals surface area contributed by atoms with Crippen LogP contribution in [0.5, 0.6) is 0 Å². The standard InChI is InChI=1S/C16H22N2O/c1-16(2)9-12(16)15(17)11-4-6-13-10(8-11)5-7-14(19)18(13)3/h4,6,8,12,15H,5,7,9,17H2,1-3H3. The maximum absolute atomic E-state index is 11.7. The van der Waals surface area contributed by atoms with Crippen molar-refractivity contribution in [3.8, 4) is 0 Å². The lowest BCUT2D eigenvalue weighted by molar-refractivity contribution is -0.118. The first kappa shape index (κ1) is 12.7. The highest BCUT2D eigenvalue weighted by molar-refractivity contribution is 5.95. The first-order valence-electron chi connectivity index (χ1n) is 7.05. The van der Waals surface area contributed by atoms with Gasteiger partial charge in [-0.05, 0) is 41.4 Å². The monoisotopic (exact) mass is 258 g/mol. The highest BCUT2D eigenvalue weighted by Crippen LogP contribution is 2.57. The predicted octanol–water partition coefficient (Wildman–Crippen LogP) is 2.64. The van der Waals surface area contributed by atoms with Crippen LogP contribution >= 0.6 is 0 Å². The van der Waals surface area contributed by atoms with Gasteiger partial charge in [0.1, 0.15) is 0 Å². The van der Waals surface area contributed by atoms with Crippen molar-refractivity contribution in [3.05, 3.63) is 29.3 Å². The van der Waals surface area contributed by atoms with Gasteiger partial charge in [-0.15, -0.1) is 0 Å². The average molecular weight is 258 g/mol. The van der Waals surface area contributed by atoms with Gasteiger partial charge in [-0.25, -0.2) is 0 Å². The average Bonchev–Trinajstić information content (AvgIpc) is 3.02. The molecule has 0 spiro atoms. The molecule has 3 rings (SSSR count). The van der Waals surface area contributed by atoms with Gasteiger partial charge in [0.15, 0.2) is 0 Å². The summed E-state index contributed by atoms with van der Waals surface area (Å²) in [6.45, 7) is 4.56. The van der Waals surface area contributed by atoms with Crippen LogP contribution in [0.2, 0.25) is 0 Å². The molecule has 3 nitrogen and oxygen atoms in total. The molecule has 2 N–H and O–H groups in total.